The molecule has 0 radical (unpaired) electrons. The van der Waals surface area contributed by atoms with Crippen LogP contribution in [0.3, 0.4) is 0 Å². The fourth-order valence-corrected chi connectivity index (χ4v) is 4.77. The average molecular weight is 372 g/mol. The van der Waals surface area contributed by atoms with Gasteiger partial charge in [-0.3, -0.25) is 9.69 Å². The molecule has 1 amide bonds. The van der Waals surface area contributed by atoms with Crippen LogP contribution >= 0.6 is 0 Å². The maximum absolute atomic E-state index is 12.6. The lowest BCUT2D eigenvalue weighted by molar-refractivity contribution is -0.133. The first kappa shape index (κ1) is 18.7. The van der Waals surface area contributed by atoms with Gasteiger partial charge in [0, 0.05) is 44.7 Å². The monoisotopic (exact) mass is 371 g/mol. The van der Waals surface area contributed by atoms with Crippen molar-refractivity contribution in [3.8, 4) is 0 Å². The van der Waals surface area contributed by atoms with Gasteiger partial charge in [-0.25, -0.2) is 9.97 Å². The van der Waals surface area contributed by atoms with E-state index in [4.69, 9.17) is 4.98 Å². The summed E-state index contributed by atoms with van der Waals surface area (Å²) in [6.45, 7) is 8.65. The van der Waals surface area contributed by atoms with Gasteiger partial charge >= 0.3 is 0 Å². The van der Waals surface area contributed by atoms with Crippen LogP contribution in [0.5, 0.6) is 0 Å². The summed E-state index contributed by atoms with van der Waals surface area (Å²) in [4.78, 5) is 28.9. The zero-order valence-electron chi connectivity index (χ0n) is 16.7. The third-order valence-corrected chi connectivity index (χ3v) is 6.27. The Hall–Kier alpha value is -1.69. The Morgan fingerprint density at radius 1 is 1.00 bits per heavy atom. The summed E-state index contributed by atoms with van der Waals surface area (Å²) in [5.41, 5.74) is 1.17. The molecule has 0 spiro atoms. The summed E-state index contributed by atoms with van der Waals surface area (Å²) in [5, 5.41) is 0. The Kier molecular flexibility index (Phi) is 5.91. The van der Waals surface area contributed by atoms with Crippen molar-refractivity contribution in [2.45, 2.75) is 57.8 Å². The largest absolute Gasteiger partial charge is 0.357 e. The van der Waals surface area contributed by atoms with Gasteiger partial charge in [0.05, 0.1) is 12.2 Å². The molecule has 1 aromatic heterocycles. The van der Waals surface area contributed by atoms with Gasteiger partial charge in [-0.2, -0.15) is 0 Å². The molecule has 0 N–H and O–H groups in total. The molecule has 1 atom stereocenters. The summed E-state index contributed by atoms with van der Waals surface area (Å²) in [5.74, 6) is 2.69. The van der Waals surface area contributed by atoms with E-state index in [1.165, 1.54) is 25.0 Å². The minimum absolute atomic E-state index is 0.312. The standard InChI is InChI=1S/C21H33N5O/c1-17-22-19(14-20(23-17)25-10-5-6-11-25)18-8-7-9-24(15-18)16-21(27)26-12-3-2-4-13-26/h14,18H,2-13,15-16H2,1H3/t18-/m1/s1. The van der Waals surface area contributed by atoms with Gasteiger partial charge in [0.1, 0.15) is 11.6 Å². The van der Waals surface area contributed by atoms with Crippen LogP contribution in [-0.4, -0.2) is 71.5 Å². The van der Waals surface area contributed by atoms with Crippen LogP contribution in [0, 0.1) is 6.92 Å². The zero-order valence-corrected chi connectivity index (χ0v) is 16.7. The molecule has 6 heteroatoms. The van der Waals surface area contributed by atoms with Crippen molar-refractivity contribution >= 4 is 11.7 Å². The van der Waals surface area contributed by atoms with E-state index in [0.29, 0.717) is 18.4 Å². The lowest BCUT2D eigenvalue weighted by Crippen LogP contribution is -2.45. The molecular formula is C21H33N5O. The second-order valence-corrected chi connectivity index (χ2v) is 8.41. The molecular weight excluding hydrogens is 338 g/mol. The number of carbonyl (C=O) groups is 1. The number of rotatable bonds is 4. The molecule has 0 aliphatic carbocycles. The van der Waals surface area contributed by atoms with Gasteiger partial charge in [0.25, 0.3) is 0 Å². The third kappa shape index (κ3) is 4.60. The highest BCUT2D eigenvalue weighted by Gasteiger charge is 2.27. The fourth-order valence-electron chi connectivity index (χ4n) is 4.77. The number of nitrogens with zero attached hydrogens (tertiary/aromatic N) is 5. The normalized spacial score (nSPS) is 24.4. The first-order chi connectivity index (χ1) is 13.2. The van der Waals surface area contributed by atoms with Crippen molar-refractivity contribution in [1.29, 1.82) is 0 Å². The molecule has 3 aliphatic rings. The average Bonchev–Trinajstić information content (AvgIpc) is 3.23. The van der Waals surface area contributed by atoms with Gasteiger partial charge < -0.3 is 9.80 Å². The Balaban J connectivity index is 1.41. The second kappa shape index (κ2) is 8.55. The summed E-state index contributed by atoms with van der Waals surface area (Å²) in [7, 11) is 0. The van der Waals surface area contributed by atoms with Gasteiger partial charge in [-0.1, -0.05) is 0 Å². The van der Waals surface area contributed by atoms with E-state index in [2.05, 4.69) is 25.8 Å². The van der Waals surface area contributed by atoms with E-state index in [9.17, 15) is 4.79 Å². The lowest BCUT2D eigenvalue weighted by atomic mass is 9.94. The van der Waals surface area contributed by atoms with Crippen molar-refractivity contribution in [3.05, 3.63) is 17.6 Å². The van der Waals surface area contributed by atoms with E-state index in [1.807, 2.05) is 6.92 Å². The summed E-state index contributed by atoms with van der Waals surface area (Å²) >= 11 is 0. The van der Waals surface area contributed by atoms with Crippen LogP contribution in [0.1, 0.15) is 62.4 Å². The quantitative estimate of drug-likeness (QED) is 0.814. The summed E-state index contributed by atoms with van der Waals surface area (Å²) < 4.78 is 0. The molecule has 0 aromatic carbocycles. The van der Waals surface area contributed by atoms with Gasteiger partial charge in [-0.15, -0.1) is 0 Å². The van der Waals surface area contributed by atoms with E-state index < -0.39 is 0 Å². The first-order valence-electron chi connectivity index (χ1n) is 10.8. The van der Waals surface area contributed by atoms with Crippen LogP contribution in [0.25, 0.3) is 0 Å². The Morgan fingerprint density at radius 3 is 2.52 bits per heavy atom. The van der Waals surface area contributed by atoms with E-state index in [-0.39, 0.29) is 0 Å². The molecule has 6 nitrogen and oxygen atoms in total. The molecule has 3 saturated heterocycles. The molecule has 0 unspecified atom stereocenters. The molecule has 27 heavy (non-hydrogen) atoms. The van der Waals surface area contributed by atoms with Crippen LogP contribution in [0.15, 0.2) is 6.07 Å². The number of hydrogen-bond donors (Lipinski definition) is 0. The predicted octanol–water partition coefficient (Wildman–Crippen LogP) is 2.58. The number of anilines is 1. The maximum atomic E-state index is 12.6. The number of amides is 1. The molecule has 1 aromatic rings. The molecule has 3 fully saturated rings. The Morgan fingerprint density at radius 2 is 1.74 bits per heavy atom. The van der Waals surface area contributed by atoms with Crippen LogP contribution in [-0.2, 0) is 4.79 Å². The van der Waals surface area contributed by atoms with Crippen LogP contribution < -0.4 is 4.90 Å². The number of piperidine rings is 2. The first-order valence-corrected chi connectivity index (χ1v) is 10.8. The van der Waals surface area contributed by atoms with E-state index in [0.717, 1.165) is 76.6 Å². The minimum atomic E-state index is 0.312. The van der Waals surface area contributed by atoms with Gasteiger partial charge in [0.2, 0.25) is 5.91 Å². The Labute approximate surface area is 162 Å². The van der Waals surface area contributed by atoms with Gasteiger partial charge in [-0.05, 0) is 58.4 Å². The van der Waals surface area contributed by atoms with Crippen molar-refractivity contribution in [3.63, 3.8) is 0 Å². The van der Waals surface area contributed by atoms with Crippen molar-refractivity contribution in [1.82, 2.24) is 19.8 Å². The maximum Gasteiger partial charge on any atom is 0.236 e. The molecule has 0 saturated carbocycles. The third-order valence-electron chi connectivity index (χ3n) is 6.27. The molecule has 0 bridgehead atoms. The molecule has 4 heterocycles. The van der Waals surface area contributed by atoms with Crippen molar-refractivity contribution in [2.75, 3.05) is 50.7 Å². The minimum Gasteiger partial charge on any atom is -0.357 e. The number of likely N-dealkylation sites (tertiary alicyclic amines) is 2. The van der Waals surface area contributed by atoms with E-state index >= 15 is 0 Å². The molecule has 148 valence electrons. The highest BCUT2D eigenvalue weighted by molar-refractivity contribution is 5.78. The summed E-state index contributed by atoms with van der Waals surface area (Å²) in [6, 6.07) is 2.21. The van der Waals surface area contributed by atoms with Crippen molar-refractivity contribution < 1.29 is 4.79 Å². The van der Waals surface area contributed by atoms with Crippen LogP contribution in [0.2, 0.25) is 0 Å². The number of hydrogen-bond acceptors (Lipinski definition) is 5. The van der Waals surface area contributed by atoms with Crippen molar-refractivity contribution in [2.24, 2.45) is 0 Å². The fraction of sp³-hybridized carbons (Fsp3) is 0.762. The molecule has 4 rings (SSSR count). The SMILES string of the molecule is Cc1nc([C@@H]2CCCN(CC(=O)N3CCCCC3)C2)cc(N2CCCC2)n1. The second-order valence-electron chi connectivity index (χ2n) is 8.41. The number of carbonyl (C=O) groups excluding carboxylic acids is 1. The van der Waals surface area contributed by atoms with Gasteiger partial charge in [0.15, 0.2) is 0 Å². The topological polar surface area (TPSA) is 52.6 Å². The predicted molar refractivity (Wildman–Crippen MR) is 107 cm³/mol. The number of aromatic nitrogens is 2. The zero-order chi connectivity index (χ0) is 18.6. The highest BCUT2D eigenvalue weighted by Crippen LogP contribution is 2.28. The highest BCUT2D eigenvalue weighted by atomic mass is 16.2. The number of aryl methyl sites for hydroxylation is 1. The summed E-state index contributed by atoms with van der Waals surface area (Å²) in [6.07, 6.45) is 8.40. The Bertz CT molecular complexity index is 652. The molecule has 3 aliphatic heterocycles. The lowest BCUT2D eigenvalue weighted by Gasteiger charge is -2.34. The van der Waals surface area contributed by atoms with Crippen LogP contribution in [0.4, 0.5) is 5.82 Å². The smallest absolute Gasteiger partial charge is 0.236 e. The van der Waals surface area contributed by atoms with E-state index in [1.54, 1.807) is 0 Å².